The molecule has 40 heavy (non-hydrogen) atoms. The standard InChI is InChI=1S/C20H29N9.C5H6N2OS.C2H2/c1-27-11-14-6-7-15(12-27)29(14)20-23-18(22-19(24-20)28-8-2-3-9-28)21-17-10-16(25-26-17)13-4-5-13;1-4-2-6-5(9-4)7-3-8;1-2/h10,13-15H,2-9,11-12H2,1H3,(H2,21,22,23,24,25,26);2-3H,1H3,(H,6,7,8);1-2H/t14-,15-;;/m1../s1. The zero-order valence-corrected chi connectivity index (χ0v) is 23.9. The summed E-state index contributed by atoms with van der Waals surface area (Å²) in [7, 11) is 2.22. The van der Waals surface area contributed by atoms with Gasteiger partial charge in [0.15, 0.2) is 10.9 Å². The van der Waals surface area contributed by atoms with E-state index in [1.165, 1.54) is 55.6 Å². The number of thiazole rings is 1. The first-order chi connectivity index (χ1) is 19.6. The smallest absolute Gasteiger partial charge is 0.235 e. The topological polar surface area (TPSA) is 131 Å². The number of H-pyrrole nitrogens is 1. The zero-order valence-electron chi connectivity index (χ0n) is 23.1. The number of rotatable bonds is 7. The van der Waals surface area contributed by atoms with Crippen molar-refractivity contribution in [3.8, 4) is 12.8 Å². The van der Waals surface area contributed by atoms with Gasteiger partial charge in [-0.05, 0) is 52.5 Å². The van der Waals surface area contributed by atoms with Gasteiger partial charge in [0.25, 0.3) is 0 Å². The van der Waals surface area contributed by atoms with Crippen LogP contribution in [0, 0.1) is 19.8 Å². The van der Waals surface area contributed by atoms with Crippen molar-refractivity contribution in [2.75, 3.05) is 53.7 Å². The fourth-order valence-electron chi connectivity index (χ4n) is 5.61. The first-order valence-electron chi connectivity index (χ1n) is 13.8. The number of aromatic amines is 1. The summed E-state index contributed by atoms with van der Waals surface area (Å²) in [6, 6.07) is 3.08. The number of nitrogens with zero attached hydrogens (tertiary/aromatic N) is 8. The molecular weight excluding hydrogens is 526 g/mol. The van der Waals surface area contributed by atoms with Crippen LogP contribution in [0.5, 0.6) is 0 Å². The molecule has 0 unspecified atom stereocenters. The Labute approximate surface area is 239 Å². The first-order valence-corrected chi connectivity index (χ1v) is 14.6. The number of hydrogen-bond donors (Lipinski definition) is 3. The second-order valence-corrected chi connectivity index (χ2v) is 11.8. The number of anilines is 5. The van der Waals surface area contributed by atoms with Crippen molar-refractivity contribution in [3.05, 3.63) is 22.8 Å². The highest BCUT2D eigenvalue weighted by Gasteiger charge is 2.40. The lowest BCUT2D eigenvalue weighted by atomic mass is 10.2. The maximum Gasteiger partial charge on any atom is 0.235 e. The number of carbonyl (C=O) groups is 1. The van der Waals surface area contributed by atoms with E-state index in [9.17, 15) is 4.79 Å². The quantitative estimate of drug-likeness (QED) is 0.290. The van der Waals surface area contributed by atoms with E-state index in [0.29, 0.717) is 35.5 Å². The Hall–Kier alpha value is -3.76. The van der Waals surface area contributed by atoms with Crippen molar-refractivity contribution in [1.82, 2.24) is 35.0 Å². The molecule has 12 nitrogen and oxygen atoms in total. The minimum atomic E-state index is 0.493. The van der Waals surface area contributed by atoms with Crippen LogP contribution in [0.2, 0.25) is 0 Å². The monoisotopic (exact) mass is 563 g/mol. The molecular formula is C27H37N11OS. The minimum absolute atomic E-state index is 0.493. The molecule has 2 atom stereocenters. The third-order valence-electron chi connectivity index (χ3n) is 7.55. The highest BCUT2D eigenvalue weighted by molar-refractivity contribution is 7.15. The Morgan fingerprint density at radius 1 is 1.05 bits per heavy atom. The fourth-order valence-corrected chi connectivity index (χ4v) is 6.24. The van der Waals surface area contributed by atoms with Crippen LogP contribution in [-0.4, -0.2) is 86.8 Å². The molecule has 2 bridgehead atoms. The Bertz CT molecular complexity index is 1280. The molecule has 3 aliphatic heterocycles. The van der Waals surface area contributed by atoms with Gasteiger partial charge in [-0.25, -0.2) is 4.98 Å². The van der Waals surface area contributed by atoms with Gasteiger partial charge in [0, 0.05) is 67.0 Å². The van der Waals surface area contributed by atoms with E-state index in [-0.39, 0.29) is 0 Å². The second kappa shape index (κ2) is 12.6. The van der Waals surface area contributed by atoms with Crippen LogP contribution in [0.25, 0.3) is 0 Å². The van der Waals surface area contributed by atoms with E-state index in [1.807, 2.05) is 6.92 Å². The summed E-state index contributed by atoms with van der Waals surface area (Å²) in [5.41, 5.74) is 1.21. The van der Waals surface area contributed by atoms with Gasteiger partial charge in [-0.2, -0.15) is 20.1 Å². The van der Waals surface area contributed by atoms with Crippen molar-refractivity contribution in [1.29, 1.82) is 0 Å². The van der Waals surface area contributed by atoms with Crippen molar-refractivity contribution >= 4 is 46.5 Å². The summed E-state index contributed by atoms with van der Waals surface area (Å²) in [6.07, 6.45) is 17.7. The molecule has 212 valence electrons. The van der Waals surface area contributed by atoms with Gasteiger partial charge in [0.2, 0.25) is 24.3 Å². The molecule has 1 saturated carbocycles. The van der Waals surface area contributed by atoms with Crippen molar-refractivity contribution in [2.45, 2.75) is 63.5 Å². The summed E-state index contributed by atoms with van der Waals surface area (Å²) >= 11 is 1.46. The molecule has 1 aliphatic carbocycles. The van der Waals surface area contributed by atoms with Crippen LogP contribution in [-0.2, 0) is 4.79 Å². The molecule has 0 radical (unpaired) electrons. The van der Waals surface area contributed by atoms with Gasteiger partial charge in [0.1, 0.15) is 0 Å². The van der Waals surface area contributed by atoms with Gasteiger partial charge < -0.3 is 25.3 Å². The molecule has 0 spiro atoms. The lowest BCUT2D eigenvalue weighted by molar-refractivity contribution is -0.105. The van der Waals surface area contributed by atoms with Gasteiger partial charge in [-0.15, -0.1) is 24.2 Å². The highest BCUT2D eigenvalue weighted by atomic mass is 32.1. The maximum absolute atomic E-state index is 9.84. The summed E-state index contributed by atoms with van der Waals surface area (Å²) in [5.74, 6) is 3.66. The third-order valence-corrected chi connectivity index (χ3v) is 8.40. The largest absolute Gasteiger partial charge is 0.341 e. The number of carbonyl (C=O) groups excluding carboxylic acids is 1. The van der Waals surface area contributed by atoms with Crippen LogP contribution in [0.15, 0.2) is 12.3 Å². The van der Waals surface area contributed by atoms with Crippen LogP contribution in [0.1, 0.15) is 55.0 Å². The molecule has 3 N–H and O–H groups in total. The predicted molar refractivity (Wildman–Crippen MR) is 158 cm³/mol. The Kier molecular flexibility index (Phi) is 8.76. The average Bonchev–Trinajstić information content (AvgIpc) is 3.29. The highest BCUT2D eigenvalue weighted by Crippen LogP contribution is 2.40. The second-order valence-electron chi connectivity index (χ2n) is 10.6. The van der Waals surface area contributed by atoms with Crippen LogP contribution in [0.3, 0.4) is 0 Å². The van der Waals surface area contributed by atoms with Crippen LogP contribution in [0.4, 0.5) is 28.8 Å². The fraction of sp³-hybridized carbons (Fsp3) is 0.556. The van der Waals surface area contributed by atoms with E-state index < -0.39 is 0 Å². The number of aryl methyl sites for hydroxylation is 1. The van der Waals surface area contributed by atoms with E-state index in [0.717, 1.165) is 48.8 Å². The molecule has 4 aliphatic rings. The number of nitrogens with one attached hydrogen (secondary N) is 3. The van der Waals surface area contributed by atoms with Crippen LogP contribution >= 0.6 is 11.3 Å². The van der Waals surface area contributed by atoms with Gasteiger partial charge >= 0.3 is 0 Å². The number of amides is 1. The van der Waals surface area contributed by atoms with Crippen molar-refractivity contribution in [3.63, 3.8) is 0 Å². The number of likely N-dealkylation sites (N-methyl/N-ethyl adjacent to an activating group) is 1. The van der Waals surface area contributed by atoms with Crippen LogP contribution < -0.4 is 20.4 Å². The minimum Gasteiger partial charge on any atom is -0.341 e. The third kappa shape index (κ3) is 6.51. The van der Waals surface area contributed by atoms with Gasteiger partial charge in [-0.3, -0.25) is 9.89 Å². The molecule has 1 amide bonds. The number of likely N-dealkylation sites (tertiary alicyclic amines) is 1. The lowest BCUT2D eigenvalue weighted by Gasteiger charge is -2.39. The van der Waals surface area contributed by atoms with E-state index in [4.69, 9.17) is 15.0 Å². The molecule has 13 heteroatoms. The normalized spacial score (nSPS) is 21.7. The van der Waals surface area contributed by atoms with Crippen molar-refractivity contribution < 1.29 is 4.79 Å². The van der Waals surface area contributed by atoms with Crippen molar-refractivity contribution in [2.24, 2.45) is 0 Å². The Balaban J connectivity index is 0.000000250. The number of hydrogen-bond acceptors (Lipinski definition) is 11. The molecule has 6 heterocycles. The van der Waals surface area contributed by atoms with E-state index in [2.05, 4.69) is 66.5 Å². The number of terminal acetylenes is 1. The molecule has 7 rings (SSSR count). The SMILES string of the molecule is C#C.CN1C[C@H]2CC[C@H](C1)N2c1nc(Nc2cc(C3CC3)[nH]n2)nc(N2CCCC2)n1.Cc1cnc(NC=O)s1. The Morgan fingerprint density at radius 2 is 1.75 bits per heavy atom. The predicted octanol–water partition coefficient (Wildman–Crippen LogP) is 3.37. The van der Waals surface area contributed by atoms with Gasteiger partial charge in [-0.1, -0.05) is 0 Å². The molecule has 3 saturated heterocycles. The summed E-state index contributed by atoms with van der Waals surface area (Å²) in [4.78, 5) is 36.5. The first kappa shape index (κ1) is 27.8. The number of aromatic nitrogens is 6. The average molecular weight is 564 g/mol. The zero-order chi connectivity index (χ0) is 28.1. The Morgan fingerprint density at radius 3 is 2.38 bits per heavy atom. The lowest BCUT2D eigenvalue weighted by Crippen LogP contribution is -2.53. The molecule has 3 aromatic rings. The number of fused-ring (bicyclic) bond motifs is 2. The van der Waals surface area contributed by atoms with E-state index in [1.54, 1.807) is 6.20 Å². The van der Waals surface area contributed by atoms with Gasteiger partial charge in [0.05, 0.1) is 0 Å². The summed E-state index contributed by atoms with van der Waals surface area (Å²) in [6.45, 7) is 6.13. The molecule has 0 aromatic carbocycles. The van der Waals surface area contributed by atoms with E-state index >= 15 is 0 Å². The molecule has 3 aromatic heterocycles. The molecule has 4 fully saturated rings. The summed E-state index contributed by atoms with van der Waals surface area (Å²) < 4.78 is 0. The number of piperazine rings is 1. The maximum atomic E-state index is 9.84. The summed E-state index contributed by atoms with van der Waals surface area (Å²) in [5, 5.41) is 14.0.